The van der Waals surface area contributed by atoms with Gasteiger partial charge in [-0.1, -0.05) is 42.5 Å². The lowest BCUT2D eigenvalue weighted by molar-refractivity contribution is 1.20. The van der Waals surface area contributed by atoms with Gasteiger partial charge in [0.15, 0.2) is 0 Å². The van der Waals surface area contributed by atoms with Crippen molar-refractivity contribution in [3.63, 3.8) is 0 Å². The van der Waals surface area contributed by atoms with E-state index < -0.39 is 0 Å². The molecule has 0 bridgehead atoms. The van der Waals surface area contributed by atoms with Crippen LogP contribution in [0.1, 0.15) is 21.6 Å². The molecule has 0 amide bonds. The van der Waals surface area contributed by atoms with Crippen LogP contribution >= 0.6 is 11.3 Å². The molecule has 2 aromatic rings. The number of hydrogen-bond acceptors (Lipinski definition) is 1. The van der Waals surface area contributed by atoms with Crippen LogP contribution in [0.25, 0.3) is 6.08 Å². The van der Waals surface area contributed by atoms with E-state index in [0.717, 1.165) is 6.42 Å². The normalized spacial score (nSPS) is 10.2. The monoisotopic (exact) mass is 214 g/mol. The maximum atomic E-state index is 3.78. The largest absolute Gasteiger partial charge is 0.144 e. The molecule has 2 rings (SSSR count). The van der Waals surface area contributed by atoms with E-state index in [0.29, 0.717) is 0 Å². The van der Waals surface area contributed by atoms with Crippen molar-refractivity contribution >= 4 is 17.4 Å². The van der Waals surface area contributed by atoms with Gasteiger partial charge in [-0.15, -0.1) is 11.3 Å². The van der Waals surface area contributed by atoms with Gasteiger partial charge in [-0.25, -0.2) is 0 Å². The zero-order valence-electron chi connectivity index (χ0n) is 8.86. The van der Waals surface area contributed by atoms with Crippen LogP contribution in [0.15, 0.2) is 42.3 Å². The molecule has 1 aromatic carbocycles. The molecule has 0 aliphatic rings. The Morgan fingerprint density at radius 1 is 1.27 bits per heavy atom. The molecule has 0 radical (unpaired) electrons. The number of rotatable bonds is 3. The first-order chi connectivity index (χ1) is 7.28. The van der Waals surface area contributed by atoms with E-state index in [-0.39, 0.29) is 0 Å². The molecule has 76 valence electrons. The van der Waals surface area contributed by atoms with Crippen molar-refractivity contribution < 1.29 is 0 Å². The molecule has 1 heteroatoms. The van der Waals surface area contributed by atoms with Crippen LogP contribution < -0.4 is 0 Å². The molecule has 0 unspecified atom stereocenters. The van der Waals surface area contributed by atoms with Gasteiger partial charge in [0.2, 0.25) is 0 Å². The van der Waals surface area contributed by atoms with Crippen molar-refractivity contribution in [2.45, 2.75) is 13.3 Å². The average Bonchev–Trinajstić information content (AvgIpc) is 2.65. The summed E-state index contributed by atoms with van der Waals surface area (Å²) < 4.78 is 0. The van der Waals surface area contributed by atoms with Gasteiger partial charge >= 0.3 is 0 Å². The lowest BCUT2D eigenvalue weighted by atomic mass is 10.1. The minimum atomic E-state index is 1.02. The third-order valence-corrected chi connectivity index (χ3v) is 3.34. The highest BCUT2D eigenvalue weighted by molar-refractivity contribution is 7.11. The molecular formula is C14H14S. The smallest absolute Gasteiger partial charge is 0.0267 e. The highest BCUT2D eigenvalue weighted by atomic mass is 32.1. The van der Waals surface area contributed by atoms with Gasteiger partial charge in [-0.3, -0.25) is 0 Å². The molecule has 1 heterocycles. The molecule has 0 aliphatic heterocycles. The Bertz CT molecular complexity index is 466. The number of aryl methyl sites for hydroxylation is 1. The Morgan fingerprint density at radius 3 is 2.80 bits per heavy atom. The summed E-state index contributed by atoms with van der Waals surface area (Å²) in [6, 6.07) is 10.9. The summed E-state index contributed by atoms with van der Waals surface area (Å²) in [5.74, 6) is 0. The Labute approximate surface area is 94.9 Å². The van der Waals surface area contributed by atoms with Gasteiger partial charge in [0.25, 0.3) is 0 Å². The second-order valence-corrected chi connectivity index (χ2v) is 4.67. The van der Waals surface area contributed by atoms with Crippen LogP contribution in [0.5, 0.6) is 0 Å². The van der Waals surface area contributed by atoms with Crippen molar-refractivity contribution in [3.05, 3.63) is 63.9 Å². The van der Waals surface area contributed by atoms with Gasteiger partial charge in [-0.2, -0.15) is 0 Å². The number of hydrogen-bond donors (Lipinski definition) is 0. The molecular weight excluding hydrogens is 200 g/mol. The fourth-order valence-corrected chi connectivity index (χ4v) is 2.41. The number of benzene rings is 1. The standard InChI is InChI=1S/C14H14S/c1-3-14-9-13(10-15-14)8-12-6-4-5-11(2)7-12/h3-7,9-10H,1,8H2,2H3. The molecule has 0 aliphatic carbocycles. The fourth-order valence-electron chi connectivity index (χ4n) is 1.65. The molecule has 1 aromatic heterocycles. The van der Waals surface area contributed by atoms with Crippen LogP contribution in [0.3, 0.4) is 0 Å². The highest BCUT2D eigenvalue weighted by Gasteiger charge is 1.99. The first-order valence-electron chi connectivity index (χ1n) is 5.03. The topological polar surface area (TPSA) is 0 Å². The Hall–Kier alpha value is -1.34. The first kappa shape index (κ1) is 10.2. The second kappa shape index (κ2) is 4.45. The van der Waals surface area contributed by atoms with E-state index in [9.17, 15) is 0 Å². The van der Waals surface area contributed by atoms with E-state index in [1.807, 2.05) is 6.08 Å². The summed E-state index contributed by atoms with van der Waals surface area (Å²) in [6.07, 6.45) is 2.93. The summed E-state index contributed by atoms with van der Waals surface area (Å²) >= 11 is 1.75. The van der Waals surface area contributed by atoms with E-state index in [4.69, 9.17) is 0 Å². The quantitative estimate of drug-likeness (QED) is 0.715. The third-order valence-electron chi connectivity index (χ3n) is 2.37. The van der Waals surface area contributed by atoms with Gasteiger partial charge in [0.1, 0.15) is 0 Å². The molecule has 0 saturated heterocycles. The zero-order chi connectivity index (χ0) is 10.7. The highest BCUT2D eigenvalue weighted by Crippen LogP contribution is 2.19. The number of thiophene rings is 1. The predicted molar refractivity (Wildman–Crippen MR) is 68.4 cm³/mol. The summed E-state index contributed by atoms with van der Waals surface area (Å²) in [6.45, 7) is 5.91. The lowest BCUT2D eigenvalue weighted by Crippen LogP contribution is -1.85. The molecule has 15 heavy (non-hydrogen) atoms. The van der Waals surface area contributed by atoms with Crippen LogP contribution in [0.4, 0.5) is 0 Å². The van der Waals surface area contributed by atoms with E-state index in [1.165, 1.54) is 21.6 Å². The summed E-state index contributed by atoms with van der Waals surface area (Å²) in [4.78, 5) is 1.25. The van der Waals surface area contributed by atoms with Gasteiger partial charge in [0.05, 0.1) is 0 Å². The Morgan fingerprint density at radius 2 is 2.13 bits per heavy atom. The van der Waals surface area contributed by atoms with E-state index in [2.05, 4.69) is 49.2 Å². The molecule has 0 spiro atoms. The van der Waals surface area contributed by atoms with Crippen molar-refractivity contribution in [3.8, 4) is 0 Å². The summed E-state index contributed by atoms with van der Waals surface area (Å²) in [5.41, 5.74) is 4.08. The molecule has 0 saturated carbocycles. The van der Waals surface area contributed by atoms with Crippen LogP contribution in [-0.4, -0.2) is 0 Å². The molecule has 0 nitrogen and oxygen atoms in total. The Balaban J connectivity index is 2.18. The van der Waals surface area contributed by atoms with Gasteiger partial charge in [-0.05, 0) is 35.9 Å². The molecule has 0 N–H and O–H groups in total. The van der Waals surface area contributed by atoms with Crippen molar-refractivity contribution in [2.24, 2.45) is 0 Å². The van der Waals surface area contributed by atoms with Crippen molar-refractivity contribution in [1.29, 1.82) is 0 Å². The Kier molecular flexibility index (Phi) is 3.02. The third kappa shape index (κ3) is 2.57. The fraction of sp³-hybridized carbons (Fsp3) is 0.143. The first-order valence-corrected chi connectivity index (χ1v) is 5.91. The maximum absolute atomic E-state index is 3.78. The van der Waals surface area contributed by atoms with E-state index in [1.54, 1.807) is 11.3 Å². The maximum Gasteiger partial charge on any atom is 0.0267 e. The van der Waals surface area contributed by atoms with Gasteiger partial charge < -0.3 is 0 Å². The van der Waals surface area contributed by atoms with Crippen molar-refractivity contribution in [2.75, 3.05) is 0 Å². The van der Waals surface area contributed by atoms with Crippen LogP contribution in [0.2, 0.25) is 0 Å². The van der Waals surface area contributed by atoms with Crippen LogP contribution in [0, 0.1) is 6.92 Å². The van der Waals surface area contributed by atoms with E-state index >= 15 is 0 Å². The van der Waals surface area contributed by atoms with Gasteiger partial charge in [0, 0.05) is 4.88 Å². The minimum Gasteiger partial charge on any atom is -0.144 e. The SMILES string of the molecule is C=Cc1cc(Cc2cccc(C)c2)cs1. The second-order valence-electron chi connectivity index (χ2n) is 3.73. The molecule has 0 atom stereocenters. The average molecular weight is 214 g/mol. The minimum absolute atomic E-state index is 1.02. The summed E-state index contributed by atoms with van der Waals surface area (Å²) in [7, 11) is 0. The zero-order valence-corrected chi connectivity index (χ0v) is 9.68. The molecule has 0 fully saturated rings. The summed E-state index contributed by atoms with van der Waals surface area (Å²) in [5, 5.41) is 2.21. The van der Waals surface area contributed by atoms with Crippen molar-refractivity contribution in [1.82, 2.24) is 0 Å². The predicted octanol–water partition coefficient (Wildman–Crippen LogP) is 4.29. The van der Waals surface area contributed by atoms with Crippen LogP contribution in [-0.2, 0) is 6.42 Å². The lowest BCUT2D eigenvalue weighted by Gasteiger charge is -1.99.